The molecular formula is C34H50N4O6. The predicted molar refractivity (Wildman–Crippen MR) is 167 cm³/mol. The van der Waals surface area contributed by atoms with Crippen LogP contribution in [0.5, 0.6) is 0 Å². The van der Waals surface area contributed by atoms with Gasteiger partial charge in [-0.2, -0.15) is 0 Å². The number of aliphatic hydroxyl groups is 1. The first-order valence-electron chi connectivity index (χ1n) is 16.2. The van der Waals surface area contributed by atoms with Crippen LogP contribution >= 0.6 is 0 Å². The number of ether oxygens (including phenoxy) is 2. The molecule has 44 heavy (non-hydrogen) atoms. The maximum Gasteiger partial charge on any atom is 0.323 e. The van der Waals surface area contributed by atoms with Crippen LogP contribution < -0.4 is 16.0 Å². The summed E-state index contributed by atoms with van der Waals surface area (Å²) in [4.78, 5) is 43.3. The molecule has 4 N–H and O–H groups in total. The summed E-state index contributed by atoms with van der Waals surface area (Å²) < 4.78 is 11.7. The fourth-order valence-electron chi connectivity index (χ4n) is 9.56. The molecule has 1 aromatic carbocycles. The molecule has 4 fully saturated rings. The highest BCUT2D eigenvalue weighted by Crippen LogP contribution is 2.69. The van der Waals surface area contributed by atoms with Crippen molar-refractivity contribution in [3.63, 3.8) is 0 Å². The average Bonchev–Trinajstić information content (AvgIpc) is 3.43. The van der Waals surface area contributed by atoms with Crippen molar-refractivity contribution in [1.29, 1.82) is 0 Å². The highest BCUT2D eigenvalue weighted by atomic mass is 16.6. The van der Waals surface area contributed by atoms with Crippen LogP contribution in [-0.4, -0.2) is 95.4 Å². The van der Waals surface area contributed by atoms with Crippen LogP contribution in [0.1, 0.15) is 90.1 Å². The Morgan fingerprint density at radius 1 is 1.16 bits per heavy atom. The number of amides is 1. The number of hydrogen-bond donors (Lipinski definition) is 4. The minimum absolute atomic E-state index is 0.0318. The molecule has 0 unspecified atom stereocenters. The Balaban J connectivity index is 1.35. The summed E-state index contributed by atoms with van der Waals surface area (Å²) in [5, 5.41) is 22.7. The third kappa shape index (κ3) is 4.06. The van der Waals surface area contributed by atoms with Gasteiger partial charge in [-0.25, -0.2) is 0 Å². The highest BCUT2D eigenvalue weighted by molar-refractivity contribution is 6.15. The number of anilines is 1. The normalized spacial score (nSPS) is 38.9. The van der Waals surface area contributed by atoms with E-state index in [0.717, 1.165) is 5.56 Å². The molecule has 1 aliphatic carbocycles. The number of carbonyl (C=O) groups is 3. The van der Waals surface area contributed by atoms with E-state index < -0.39 is 33.7 Å². The number of Topliss-reactive ketones (excluding diaryl/α,β-unsaturated/α-hetero) is 1. The summed E-state index contributed by atoms with van der Waals surface area (Å²) in [6, 6.07) is 5.25. The summed E-state index contributed by atoms with van der Waals surface area (Å²) in [6.45, 7) is 14.5. The number of rotatable bonds is 7. The van der Waals surface area contributed by atoms with Crippen LogP contribution in [0.2, 0.25) is 0 Å². The lowest BCUT2D eigenvalue weighted by Gasteiger charge is -2.60. The molecular weight excluding hydrogens is 560 g/mol. The highest BCUT2D eigenvalue weighted by Gasteiger charge is 2.79. The van der Waals surface area contributed by atoms with Crippen LogP contribution in [0.4, 0.5) is 5.69 Å². The molecule has 1 amide bonds. The second-order valence-corrected chi connectivity index (χ2v) is 15.5. The Labute approximate surface area is 261 Å². The molecule has 1 spiro atoms. The molecule has 242 valence electrons. The van der Waals surface area contributed by atoms with Crippen LogP contribution in [0.15, 0.2) is 18.2 Å². The van der Waals surface area contributed by atoms with Crippen molar-refractivity contribution in [2.24, 2.45) is 11.3 Å². The molecule has 1 aromatic rings. The van der Waals surface area contributed by atoms with E-state index in [4.69, 9.17) is 9.47 Å². The molecule has 6 rings (SSSR count). The van der Waals surface area contributed by atoms with Gasteiger partial charge in [0.2, 0.25) is 5.91 Å². The number of nitrogens with zero attached hydrogens (tertiary/aromatic N) is 1. The van der Waals surface area contributed by atoms with Gasteiger partial charge in [0.1, 0.15) is 18.2 Å². The summed E-state index contributed by atoms with van der Waals surface area (Å²) in [5.74, 6) is -0.455. The first-order valence-corrected chi connectivity index (χ1v) is 16.2. The Kier molecular flexibility index (Phi) is 7.23. The van der Waals surface area contributed by atoms with E-state index in [1.54, 1.807) is 13.1 Å². The molecule has 1 saturated carbocycles. The molecule has 0 bridgehead atoms. The maximum absolute atomic E-state index is 14.3. The number of ketones is 1. The summed E-state index contributed by atoms with van der Waals surface area (Å²) in [5.41, 5.74) is -2.83. The quantitative estimate of drug-likeness (QED) is 0.209. The minimum Gasteiger partial charge on any atom is -0.461 e. The van der Waals surface area contributed by atoms with E-state index in [1.165, 1.54) is 0 Å². The van der Waals surface area contributed by atoms with Gasteiger partial charge in [-0.05, 0) is 71.7 Å². The van der Waals surface area contributed by atoms with Gasteiger partial charge in [-0.3, -0.25) is 19.3 Å². The number of benzene rings is 1. The number of epoxide rings is 1. The van der Waals surface area contributed by atoms with Crippen LogP contribution in [0.25, 0.3) is 0 Å². The fourth-order valence-corrected chi connectivity index (χ4v) is 9.56. The minimum atomic E-state index is -1.28. The van der Waals surface area contributed by atoms with Gasteiger partial charge < -0.3 is 30.5 Å². The van der Waals surface area contributed by atoms with E-state index in [1.807, 2.05) is 60.7 Å². The zero-order chi connectivity index (χ0) is 32.2. The third-order valence-corrected chi connectivity index (χ3v) is 12.3. The molecule has 8 atom stereocenters. The monoisotopic (exact) mass is 610 g/mol. The Morgan fingerprint density at radius 3 is 2.43 bits per heavy atom. The molecule has 4 heterocycles. The molecule has 3 saturated heterocycles. The second-order valence-electron chi connectivity index (χ2n) is 15.5. The third-order valence-electron chi connectivity index (χ3n) is 12.3. The smallest absolute Gasteiger partial charge is 0.323 e. The van der Waals surface area contributed by atoms with Crippen molar-refractivity contribution in [1.82, 2.24) is 15.5 Å². The first-order chi connectivity index (χ1) is 20.5. The van der Waals surface area contributed by atoms with Gasteiger partial charge in [-0.15, -0.1) is 0 Å². The molecule has 4 aliphatic heterocycles. The molecule has 10 heteroatoms. The summed E-state index contributed by atoms with van der Waals surface area (Å²) in [6.07, 6.45) is 1.33. The number of carbonyl (C=O) groups excluding carboxylic acids is 3. The van der Waals surface area contributed by atoms with Gasteiger partial charge in [0, 0.05) is 36.0 Å². The standard InChI is InChI=1S/C34H50N4O6/c1-18(2)24(35-8)28(40)43-21-13-19(3)38-17-32(36-9)16-33(31(6,7)34(32,42)15-20(38)14-21)23-12-10-11-22(25(23)37-29(33)41)26(39)27-30(4,5)44-27/h10-12,18-21,24,27,35-36,42H,13-17H2,1-9H3,(H,37,41)/t19-,20+,21+,24-,27+,32+,33-,34-/m0/s1. The van der Waals surface area contributed by atoms with E-state index in [2.05, 4.69) is 27.8 Å². The number of hydrogen-bond acceptors (Lipinski definition) is 9. The lowest BCUT2D eigenvalue weighted by Crippen LogP contribution is -2.75. The molecule has 5 aliphatic rings. The average molecular weight is 611 g/mol. The predicted octanol–water partition coefficient (Wildman–Crippen LogP) is 2.77. The molecule has 0 aromatic heterocycles. The summed E-state index contributed by atoms with van der Waals surface area (Å²) >= 11 is 0. The van der Waals surface area contributed by atoms with Gasteiger partial charge in [0.15, 0.2) is 5.78 Å². The lowest BCUT2D eigenvalue weighted by atomic mass is 9.57. The number of piperidine rings is 2. The summed E-state index contributed by atoms with van der Waals surface area (Å²) in [7, 11) is 3.66. The van der Waals surface area contributed by atoms with Crippen molar-refractivity contribution in [2.75, 3.05) is 26.0 Å². The van der Waals surface area contributed by atoms with Crippen LogP contribution in [-0.2, 0) is 24.5 Å². The van der Waals surface area contributed by atoms with E-state index >= 15 is 0 Å². The Morgan fingerprint density at radius 2 is 1.84 bits per heavy atom. The van der Waals surface area contributed by atoms with Crippen molar-refractivity contribution in [3.05, 3.63) is 29.3 Å². The number of fused-ring (bicyclic) bond motifs is 4. The zero-order valence-electron chi connectivity index (χ0n) is 27.7. The van der Waals surface area contributed by atoms with Gasteiger partial charge in [-0.1, -0.05) is 39.8 Å². The SMILES string of the molecule is CN[C@H](C(=O)O[C@H]1C[C@@H]2C[C@]3(O)C(C)(C)[C@]4(C[C@@]3(NC)CN2[C@@H](C)C1)C(=O)Nc1c(C(=O)[C@H]2OC2(C)C)cccc14)C(C)C. The Bertz CT molecular complexity index is 1390. The molecule has 0 radical (unpaired) electrons. The van der Waals surface area contributed by atoms with E-state index in [0.29, 0.717) is 43.5 Å². The number of likely N-dealkylation sites (N-methyl/N-ethyl adjacent to an activating group) is 2. The van der Waals surface area contributed by atoms with Crippen LogP contribution in [0.3, 0.4) is 0 Å². The zero-order valence-corrected chi connectivity index (χ0v) is 27.7. The number of nitrogens with one attached hydrogen (secondary N) is 3. The number of esters is 1. The lowest BCUT2D eigenvalue weighted by molar-refractivity contribution is -0.184. The maximum atomic E-state index is 14.3. The molecule has 10 nitrogen and oxygen atoms in total. The van der Waals surface area contributed by atoms with Crippen molar-refractivity contribution in [2.45, 2.75) is 127 Å². The van der Waals surface area contributed by atoms with Gasteiger partial charge >= 0.3 is 5.97 Å². The van der Waals surface area contributed by atoms with E-state index in [-0.39, 0.29) is 47.8 Å². The second kappa shape index (κ2) is 10.1. The van der Waals surface area contributed by atoms with Crippen molar-refractivity contribution in [3.8, 4) is 0 Å². The van der Waals surface area contributed by atoms with E-state index in [9.17, 15) is 19.5 Å². The van der Waals surface area contributed by atoms with Crippen LogP contribution in [0, 0.1) is 11.3 Å². The Hall–Kier alpha value is -2.37. The van der Waals surface area contributed by atoms with Gasteiger partial charge in [0.05, 0.1) is 27.8 Å². The fraction of sp³-hybridized carbons (Fsp3) is 0.735. The topological polar surface area (TPSA) is 133 Å². The largest absolute Gasteiger partial charge is 0.461 e. The first kappa shape index (κ1) is 31.6. The van der Waals surface area contributed by atoms with Gasteiger partial charge in [0.25, 0.3) is 0 Å². The van der Waals surface area contributed by atoms with Crippen molar-refractivity contribution >= 4 is 23.3 Å². The number of para-hydroxylation sites is 1. The van der Waals surface area contributed by atoms with Crippen molar-refractivity contribution < 1.29 is 29.0 Å².